The number of hydrogen-bond acceptors (Lipinski definition) is 5. The quantitative estimate of drug-likeness (QED) is 0.934. The first-order valence-electron chi connectivity index (χ1n) is 7.14. The summed E-state index contributed by atoms with van der Waals surface area (Å²) in [5.74, 6) is 0.907. The molecule has 1 saturated heterocycles. The fourth-order valence-electron chi connectivity index (χ4n) is 2.75. The van der Waals surface area contributed by atoms with E-state index in [0.29, 0.717) is 37.7 Å². The highest BCUT2D eigenvalue weighted by atomic mass is 19.1. The lowest BCUT2D eigenvalue weighted by Gasteiger charge is -2.22. The summed E-state index contributed by atoms with van der Waals surface area (Å²) in [6.07, 6.45) is 0.936. The Morgan fingerprint density at radius 1 is 1.29 bits per heavy atom. The lowest BCUT2D eigenvalue weighted by Crippen LogP contribution is -2.24. The van der Waals surface area contributed by atoms with Crippen LogP contribution in [0.25, 0.3) is 0 Å². The standard InChI is InChI=1S/C15H18FN3O2/c1-2-14-17-18-15(21-14)9-19-8-12(20)7-13(19)10-3-5-11(16)6-4-10/h3-6,12-13,20H,2,7-9H2,1H3. The van der Waals surface area contributed by atoms with Crippen molar-refractivity contribution >= 4 is 0 Å². The molecule has 112 valence electrons. The van der Waals surface area contributed by atoms with Crippen molar-refractivity contribution in [3.8, 4) is 0 Å². The van der Waals surface area contributed by atoms with Crippen molar-refractivity contribution in [2.24, 2.45) is 0 Å². The minimum absolute atomic E-state index is 0.0394. The largest absolute Gasteiger partial charge is 0.424 e. The van der Waals surface area contributed by atoms with Crippen molar-refractivity contribution in [2.75, 3.05) is 6.54 Å². The molecule has 2 unspecified atom stereocenters. The first-order valence-corrected chi connectivity index (χ1v) is 7.14. The van der Waals surface area contributed by atoms with E-state index >= 15 is 0 Å². The highest BCUT2D eigenvalue weighted by molar-refractivity contribution is 5.21. The van der Waals surface area contributed by atoms with E-state index in [2.05, 4.69) is 15.1 Å². The molecule has 1 N–H and O–H groups in total. The summed E-state index contributed by atoms with van der Waals surface area (Å²) >= 11 is 0. The molecule has 1 aromatic heterocycles. The Hall–Kier alpha value is -1.79. The number of likely N-dealkylation sites (tertiary alicyclic amines) is 1. The van der Waals surface area contributed by atoms with Gasteiger partial charge in [-0.3, -0.25) is 4.90 Å². The number of hydrogen-bond donors (Lipinski definition) is 1. The maximum atomic E-state index is 13.0. The van der Waals surface area contributed by atoms with Gasteiger partial charge in [0.25, 0.3) is 0 Å². The van der Waals surface area contributed by atoms with Crippen LogP contribution in [0.4, 0.5) is 4.39 Å². The van der Waals surface area contributed by atoms with E-state index in [0.717, 1.165) is 5.56 Å². The number of nitrogens with zero attached hydrogens (tertiary/aromatic N) is 3. The van der Waals surface area contributed by atoms with Crippen LogP contribution in [0.3, 0.4) is 0 Å². The van der Waals surface area contributed by atoms with Crippen LogP contribution in [0.15, 0.2) is 28.7 Å². The van der Waals surface area contributed by atoms with Crippen LogP contribution >= 0.6 is 0 Å². The fourth-order valence-corrected chi connectivity index (χ4v) is 2.75. The molecule has 0 bridgehead atoms. The number of benzene rings is 1. The van der Waals surface area contributed by atoms with Gasteiger partial charge in [-0.1, -0.05) is 19.1 Å². The molecule has 2 heterocycles. The lowest BCUT2D eigenvalue weighted by molar-refractivity contribution is 0.167. The van der Waals surface area contributed by atoms with Crippen LogP contribution in [0.2, 0.25) is 0 Å². The SMILES string of the molecule is CCc1nnc(CN2CC(O)CC2c2ccc(F)cc2)o1. The van der Waals surface area contributed by atoms with Gasteiger partial charge in [-0.25, -0.2) is 4.39 Å². The molecule has 0 amide bonds. The van der Waals surface area contributed by atoms with Crippen LogP contribution in [0, 0.1) is 5.82 Å². The van der Waals surface area contributed by atoms with Crippen LogP contribution in [-0.4, -0.2) is 32.9 Å². The van der Waals surface area contributed by atoms with Gasteiger partial charge in [0, 0.05) is 19.0 Å². The number of rotatable bonds is 4. The van der Waals surface area contributed by atoms with E-state index < -0.39 is 6.10 Å². The van der Waals surface area contributed by atoms with E-state index in [9.17, 15) is 9.50 Å². The molecule has 2 aromatic rings. The van der Waals surface area contributed by atoms with Crippen LogP contribution < -0.4 is 0 Å². The van der Waals surface area contributed by atoms with Crippen LogP contribution in [0.1, 0.15) is 36.7 Å². The zero-order chi connectivity index (χ0) is 14.8. The average molecular weight is 291 g/mol. The molecule has 0 aliphatic carbocycles. The predicted octanol–water partition coefficient (Wildman–Crippen LogP) is 2.08. The fraction of sp³-hybridized carbons (Fsp3) is 0.467. The van der Waals surface area contributed by atoms with Gasteiger partial charge in [0.05, 0.1) is 12.6 Å². The van der Waals surface area contributed by atoms with Crippen LogP contribution in [-0.2, 0) is 13.0 Å². The van der Waals surface area contributed by atoms with Crippen molar-refractivity contribution in [1.29, 1.82) is 0 Å². The molecule has 0 spiro atoms. The zero-order valence-electron chi connectivity index (χ0n) is 11.9. The summed E-state index contributed by atoms with van der Waals surface area (Å²) in [5.41, 5.74) is 0.989. The monoisotopic (exact) mass is 291 g/mol. The molecular formula is C15H18FN3O2. The lowest BCUT2D eigenvalue weighted by atomic mass is 10.0. The van der Waals surface area contributed by atoms with Crippen molar-refractivity contribution in [3.05, 3.63) is 47.4 Å². The number of aliphatic hydroxyl groups is 1. The average Bonchev–Trinajstić information content (AvgIpc) is 3.07. The Labute approximate surface area is 122 Å². The van der Waals surface area contributed by atoms with Gasteiger partial charge < -0.3 is 9.52 Å². The highest BCUT2D eigenvalue weighted by Gasteiger charge is 2.33. The molecule has 2 atom stereocenters. The second-order valence-electron chi connectivity index (χ2n) is 5.33. The Morgan fingerprint density at radius 2 is 2.00 bits per heavy atom. The van der Waals surface area contributed by atoms with Gasteiger partial charge in [0.1, 0.15) is 5.82 Å². The topological polar surface area (TPSA) is 62.4 Å². The minimum Gasteiger partial charge on any atom is -0.424 e. The molecule has 1 aliphatic heterocycles. The Balaban J connectivity index is 1.77. The van der Waals surface area contributed by atoms with Crippen molar-refractivity contribution < 1.29 is 13.9 Å². The number of halogens is 1. The van der Waals surface area contributed by atoms with Crippen LogP contribution in [0.5, 0.6) is 0 Å². The second-order valence-corrected chi connectivity index (χ2v) is 5.33. The number of aryl methyl sites for hydroxylation is 1. The van der Waals surface area contributed by atoms with Crippen molar-refractivity contribution in [3.63, 3.8) is 0 Å². The molecule has 1 aromatic carbocycles. The Kier molecular flexibility index (Phi) is 3.98. The third kappa shape index (κ3) is 3.11. The molecule has 0 saturated carbocycles. The van der Waals surface area contributed by atoms with Gasteiger partial charge in [0.2, 0.25) is 11.8 Å². The van der Waals surface area contributed by atoms with E-state index in [4.69, 9.17) is 4.42 Å². The molecule has 21 heavy (non-hydrogen) atoms. The maximum Gasteiger partial charge on any atom is 0.230 e. The molecule has 3 rings (SSSR count). The number of aliphatic hydroxyl groups excluding tert-OH is 1. The maximum absolute atomic E-state index is 13.0. The van der Waals surface area contributed by atoms with E-state index in [1.807, 2.05) is 6.92 Å². The summed E-state index contributed by atoms with van der Waals surface area (Å²) in [7, 11) is 0. The predicted molar refractivity (Wildman–Crippen MR) is 73.9 cm³/mol. The van der Waals surface area contributed by atoms with E-state index in [-0.39, 0.29) is 11.9 Å². The number of aromatic nitrogens is 2. The van der Waals surface area contributed by atoms with Crippen molar-refractivity contribution in [2.45, 2.75) is 38.5 Å². The molecule has 5 nitrogen and oxygen atoms in total. The molecule has 0 radical (unpaired) electrons. The van der Waals surface area contributed by atoms with Crippen molar-refractivity contribution in [1.82, 2.24) is 15.1 Å². The van der Waals surface area contributed by atoms with Gasteiger partial charge in [-0.05, 0) is 24.1 Å². The molecule has 1 fully saturated rings. The first-order chi connectivity index (χ1) is 10.2. The summed E-state index contributed by atoms with van der Waals surface area (Å²) in [6.45, 7) is 3.00. The second kappa shape index (κ2) is 5.91. The first kappa shape index (κ1) is 14.2. The Morgan fingerprint density at radius 3 is 2.67 bits per heavy atom. The summed E-state index contributed by atoms with van der Waals surface area (Å²) < 4.78 is 18.6. The summed E-state index contributed by atoms with van der Waals surface area (Å²) in [6, 6.07) is 6.45. The molecule has 6 heteroatoms. The van der Waals surface area contributed by atoms with Gasteiger partial charge in [-0.2, -0.15) is 0 Å². The summed E-state index contributed by atoms with van der Waals surface area (Å²) in [5, 5.41) is 17.9. The molecular weight excluding hydrogens is 273 g/mol. The highest BCUT2D eigenvalue weighted by Crippen LogP contribution is 2.33. The number of β-amino-alcohol motifs (C(OH)–C–C–N with tert-alkyl or cyclic N) is 1. The molecule has 1 aliphatic rings. The summed E-state index contributed by atoms with van der Waals surface area (Å²) in [4.78, 5) is 2.09. The zero-order valence-corrected chi connectivity index (χ0v) is 11.9. The minimum atomic E-state index is -0.395. The third-order valence-electron chi connectivity index (χ3n) is 3.79. The van der Waals surface area contributed by atoms with Gasteiger partial charge in [-0.15, -0.1) is 10.2 Å². The van der Waals surface area contributed by atoms with Gasteiger partial charge in [0.15, 0.2) is 0 Å². The van der Waals surface area contributed by atoms with E-state index in [1.54, 1.807) is 12.1 Å². The normalized spacial score (nSPS) is 22.8. The smallest absolute Gasteiger partial charge is 0.230 e. The van der Waals surface area contributed by atoms with E-state index in [1.165, 1.54) is 12.1 Å². The third-order valence-corrected chi connectivity index (χ3v) is 3.79. The van der Waals surface area contributed by atoms with Gasteiger partial charge >= 0.3 is 0 Å². The Bertz CT molecular complexity index is 599.